The van der Waals surface area contributed by atoms with Gasteiger partial charge in [-0.2, -0.15) is 18.2 Å². The van der Waals surface area contributed by atoms with E-state index < -0.39 is 11.7 Å². The Morgan fingerprint density at radius 2 is 1.83 bits per heavy atom. The molecule has 41 heavy (non-hydrogen) atoms. The van der Waals surface area contributed by atoms with Crippen molar-refractivity contribution in [1.29, 1.82) is 0 Å². The minimum absolute atomic E-state index is 0.0884. The minimum atomic E-state index is -4.59. The number of carbonyl (C=O) groups is 1. The summed E-state index contributed by atoms with van der Waals surface area (Å²) in [6.45, 7) is 9.43. The molecule has 1 aliphatic heterocycles. The summed E-state index contributed by atoms with van der Waals surface area (Å²) in [4.78, 5) is 27.7. The van der Waals surface area contributed by atoms with Crippen molar-refractivity contribution in [1.82, 2.24) is 19.8 Å². The fraction of sp³-hybridized carbons (Fsp3) is 0.633. The monoisotopic (exact) mass is 575 g/mol. The lowest BCUT2D eigenvalue weighted by Gasteiger charge is -2.34. The molecule has 1 aromatic heterocycles. The summed E-state index contributed by atoms with van der Waals surface area (Å²) in [6, 6.07) is 6.11. The number of piperazine rings is 1. The summed E-state index contributed by atoms with van der Waals surface area (Å²) in [5.74, 6) is 0.113. The van der Waals surface area contributed by atoms with Gasteiger partial charge in [-0.05, 0) is 62.9 Å². The molecule has 0 spiro atoms. The van der Waals surface area contributed by atoms with Crippen LogP contribution in [0.25, 0.3) is 0 Å². The summed E-state index contributed by atoms with van der Waals surface area (Å²) in [7, 11) is 2.12. The van der Waals surface area contributed by atoms with Crippen molar-refractivity contribution in [2.75, 3.05) is 68.4 Å². The third-order valence-electron chi connectivity index (χ3n) is 8.09. The average molecular weight is 576 g/mol. The molecule has 2 fully saturated rings. The van der Waals surface area contributed by atoms with Crippen molar-refractivity contribution >= 4 is 29.0 Å². The number of nitrogens with zero attached hydrogens (tertiary/aromatic N) is 5. The largest absolute Gasteiger partial charge is 0.421 e. The van der Waals surface area contributed by atoms with Crippen molar-refractivity contribution in [2.45, 2.75) is 65.0 Å². The molecular weight excluding hydrogens is 531 g/mol. The van der Waals surface area contributed by atoms with Gasteiger partial charge in [-0.1, -0.05) is 26.7 Å². The van der Waals surface area contributed by atoms with E-state index in [4.69, 9.17) is 0 Å². The molecular formula is C30H44F3N7O. The van der Waals surface area contributed by atoms with Crippen molar-refractivity contribution in [3.8, 4) is 0 Å². The summed E-state index contributed by atoms with van der Waals surface area (Å²) in [5, 5.41) is 6.02. The first-order valence-corrected chi connectivity index (χ1v) is 15.0. The van der Waals surface area contributed by atoms with Gasteiger partial charge in [0.25, 0.3) is 0 Å². The Hall–Kier alpha value is -3.08. The maximum Gasteiger partial charge on any atom is 0.421 e. The first-order chi connectivity index (χ1) is 19.7. The molecule has 1 amide bonds. The summed E-state index contributed by atoms with van der Waals surface area (Å²) in [5.41, 5.74) is 2.05. The third-order valence-corrected chi connectivity index (χ3v) is 8.09. The topological polar surface area (TPSA) is 76.6 Å². The fourth-order valence-corrected chi connectivity index (χ4v) is 5.67. The Morgan fingerprint density at radius 3 is 2.49 bits per heavy atom. The summed E-state index contributed by atoms with van der Waals surface area (Å²) >= 11 is 0. The van der Waals surface area contributed by atoms with Crippen LogP contribution in [-0.4, -0.2) is 78.5 Å². The number of anilines is 4. The van der Waals surface area contributed by atoms with Crippen LogP contribution in [0.5, 0.6) is 0 Å². The molecule has 1 saturated carbocycles. The molecule has 1 aromatic carbocycles. The number of aryl methyl sites for hydroxylation is 1. The van der Waals surface area contributed by atoms with Crippen LogP contribution in [0.4, 0.5) is 36.3 Å². The van der Waals surface area contributed by atoms with Crippen LogP contribution in [0.1, 0.15) is 63.5 Å². The first kappa shape index (κ1) is 30.9. The molecule has 0 radical (unpaired) electrons. The Balaban J connectivity index is 1.43. The zero-order valence-corrected chi connectivity index (χ0v) is 24.6. The van der Waals surface area contributed by atoms with Gasteiger partial charge in [0.05, 0.1) is 0 Å². The molecule has 2 heterocycles. The Bertz CT molecular complexity index is 1150. The first-order valence-electron chi connectivity index (χ1n) is 15.0. The number of nitrogens with one attached hydrogen (secondary N) is 2. The molecule has 2 aromatic rings. The van der Waals surface area contributed by atoms with Crippen LogP contribution in [0.15, 0.2) is 24.4 Å². The van der Waals surface area contributed by atoms with Crippen molar-refractivity contribution in [3.05, 3.63) is 35.5 Å². The van der Waals surface area contributed by atoms with E-state index in [0.29, 0.717) is 19.5 Å². The van der Waals surface area contributed by atoms with E-state index >= 15 is 0 Å². The van der Waals surface area contributed by atoms with Crippen LogP contribution < -0.4 is 15.5 Å². The van der Waals surface area contributed by atoms with Crippen LogP contribution in [0, 0.1) is 5.92 Å². The highest BCUT2D eigenvalue weighted by Crippen LogP contribution is 2.35. The zero-order valence-electron chi connectivity index (χ0n) is 24.6. The van der Waals surface area contributed by atoms with Crippen molar-refractivity contribution < 1.29 is 18.0 Å². The molecule has 2 N–H and O–H groups in total. The predicted molar refractivity (Wildman–Crippen MR) is 158 cm³/mol. The van der Waals surface area contributed by atoms with Crippen molar-refractivity contribution in [2.24, 2.45) is 5.92 Å². The van der Waals surface area contributed by atoms with E-state index in [1.807, 2.05) is 30.9 Å². The number of aromatic nitrogens is 2. The van der Waals surface area contributed by atoms with Gasteiger partial charge in [-0.3, -0.25) is 4.79 Å². The van der Waals surface area contributed by atoms with Crippen LogP contribution in [-0.2, 0) is 17.4 Å². The molecule has 0 atom stereocenters. The number of halogens is 3. The number of hydrogen-bond acceptors (Lipinski definition) is 7. The van der Waals surface area contributed by atoms with Gasteiger partial charge in [0.1, 0.15) is 11.4 Å². The third kappa shape index (κ3) is 8.24. The number of carbonyl (C=O) groups excluding carboxylic acids is 1. The lowest BCUT2D eigenvalue weighted by atomic mass is 10.1. The molecule has 1 aliphatic carbocycles. The molecule has 226 valence electrons. The molecule has 4 rings (SSSR count). The van der Waals surface area contributed by atoms with Gasteiger partial charge in [0.15, 0.2) is 0 Å². The Morgan fingerprint density at radius 1 is 1.10 bits per heavy atom. The van der Waals surface area contributed by atoms with E-state index in [9.17, 15) is 18.0 Å². The average Bonchev–Trinajstić information content (AvgIpc) is 3.50. The molecule has 0 unspecified atom stereocenters. The van der Waals surface area contributed by atoms with Gasteiger partial charge < -0.3 is 25.3 Å². The highest BCUT2D eigenvalue weighted by atomic mass is 19.4. The number of benzene rings is 1. The summed E-state index contributed by atoms with van der Waals surface area (Å²) in [6.07, 6.45) is 2.40. The lowest BCUT2D eigenvalue weighted by molar-refractivity contribution is -0.137. The van der Waals surface area contributed by atoms with Gasteiger partial charge in [0, 0.05) is 69.3 Å². The fourth-order valence-electron chi connectivity index (χ4n) is 5.67. The van der Waals surface area contributed by atoms with Crippen LogP contribution in [0.2, 0.25) is 0 Å². The minimum Gasteiger partial charge on any atom is -0.369 e. The molecule has 1 saturated heterocycles. The number of likely N-dealkylation sites (N-methyl/N-ethyl adjacent to an activating group) is 1. The lowest BCUT2D eigenvalue weighted by Crippen LogP contribution is -2.44. The van der Waals surface area contributed by atoms with E-state index in [2.05, 4.69) is 43.5 Å². The SMILES string of the molecule is CCCN(CCCNc1nc(Nc2ccc(N3CCN(C)CC3)cc2CC)ncc1C(F)(F)F)C(=O)C1CCCC1. The van der Waals surface area contributed by atoms with E-state index in [1.54, 1.807) is 0 Å². The van der Waals surface area contributed by atoms with Crippen LogP contribution >= 0.6 is 0 Å². The van der Waals surface area contributed by atoms with Gasteiger partial charge in [-0.15, -0.1) is 0 Å². The van der Waals surface area contributed by atoms with E-state index in [1.165, 1.54) is 0 Å². The highest BCUT2D eigenvalue weighted by molar-refractivity contribution is 5.79. The molecule has 0 bridgehead atoms. The maximum atomic E-state index is 13.8. The molecule has 8 nitrogen and oxygen atoms in total. The standard InChI is InChI=1S/C30H44F3N7O/c1-4-14-40(28(41)23-9-6-7-10-23)15-8-13-34-27-25(30(31,32)33)21-35-29(37-27)36-26-12-11-24(20-22(26)5-2)39-18-16-38(3)17-19-39/h11-12,20-21,23H,4-10,13-19H2,1-3H3,(H2,34,35,36,37). The maximum absolute atomic E-state index is 13.8. The van der Waals surface area contributed by atoms with Crippen LogP contribution in [0.3, 0.4) is 0 Å². The smallest absolute Gasteiger partial charge is 0.369 e. The van der Waals surface area contributed by atoms with Gasteiger partial charge in [-0.25, -0.2) is 4.98 Å². The summed E-state index contributed by atoms with van der Waals surface area (Å²) < 4.78 is 41.4. The number of alkyl halides is 3. The highest BCUT2D eigenvalue weighted by Gasteiger charge is 2.35. The molecule has 11 heteroatoms. The van der Waals surface area contributed by atoms with Crippen molar-refractivity contribution in [3.63, 3.8) is 0 Å². The van der Waals surface area contributed by atoms with E-state index in [0.717, 1.165) is 87.8 Å². The number of hydrogen-bond donors (Lipinski definition) is 2. The quantitative estimate of drug-likeness (QED) is 0.311. The molecule has 2 aliphatic rings. The second-order valence-electron chi connectivity index (χ2n) is 11.2. The van der Waals surface area contributed by atoms with E-state index in [-0.39, 0.29) is 30.1 Å². The zero-order chi connectivity index (χ0) is 29.4. The second kappa shape index (κ2) is 14.2. The number of rotatable bonds is 12. The number of amides is 1. The second-order valence-corrected chi connectivity index (χ2v) is 11.2. The van der Waals surface area contributed by atoms with Gasteiger partial charge in [0.2, 0.25) is 11.9 Å². The normalized spacial score (nSPS) is 16.7. The predicted octanol–water partition coefficient (Wildman–Crippen LogP) is 5.78. The Kier molecular flexibility index (Phi) is 10.7. The Labute approximate surface area is 241 Å². The van der Waals surface area contributed by atoms with Gasteiger partial charge >= 0.3 is 6.18 Å².